The normalized spacial score (nSPS) is 10.1. The second-order valence-electron chi connectivity index (χ2n) is 4.18. The molecule has 0 saturated heterocycles. The highest BCUT2D eigenvalue weighted by molar-refractivity contribution is 5.88. The van der Waals surface area contributed by atoms with Gasteiger partial charge in [-0.3, -0.25) is 0 Å². The van der Waals surface area contributed by atoms with Crippen LogP contribution in [0.5, 0.6) is 0 Å². The highest BCUT2D eigenvalue weighted by Gasteiger charge is 2.06. The molecule has 2 N–H and O–H groups in total. The van der Waals surface area contributed by atoms with Crippen molar-refractivity contribution in [3.63, 3.8) is 0 Å². The fourth-order valence-electron chi connectivity index (χ4n) is 1.73. The Morgan fingerprint density at radius 3 is 2.67 bits per heavy atom. The van der Waals surface area contributed by atoms with Gasteiger partial charge in [0.25, 0.3) is 0 Å². The van der Waals surface area contributed by atoms with E-state index in [4.69, 9.17) is 5.11 Å². The third-order valence-corrected chi connectivity index (χ3v) is 2.49. The summed E-state index contributed by atoms with van der Waals surface area (Å²) in [4.78, 5) is 15.2. The topological polar surface area (TPSA) is 62.2 Å². The minimum Gasteiger partial charge on any atom is -0.478 e. The molecule has 4 heteroatoms. The van der Waals surface area contributed by atoms with Gasteiger partial charge < -0.3 is 10.4 Å². The minimum absolute atomic E-state index is 0.234. The Kier molecular flexibility index (Phi) is 3.28. The summed E-state index contributed by atoms with van der Waals surface area (Å²) in [5, 5.41) is 12.1. The first kappa shape index (κ1) is 12.1. The predicted octanol–water partition coefficient (Wildman–Crippen LogP) is 3.14. The maximum absolute atomic E-state index is 11.0. The molecule has 1 aromatic carbocycles. The highest BCUT2D eigenvalue weighted by atomic mass is 16.4. The van der Waals surface area contributed by atoms with Gasteiger partial charge in [0.1, 0.15) is 5.82 Å². The molecule has 0 aliphatic rings. The monoisotopic (exact) mass is 242 g/mol. The number of nitrogens with zero attached hydrogens (tertiary/aromatic N) is 1. The van der Waals surface area contributed by atoms with Crippen molar-refractivity contribution in [2.24, 2.45) is 0 Å². The summed E-state index contributed by atoms with van der Waals surface area (Å²) < 4.78 is 0. The van der Waals surface area contributed by atoms with E-state index in [-0.39, 0.29) is 5.56 Å². The first-order valence-electron chi connectivity index (χ1n) is 5.60. The second kappa shape index (κ2) is 4.87. The zero-order valence-corrected chi connectivity index (χ0v) is 10.3. The third kappa shape index (κ3) is 2.85. The van der Waals surface area contributed by atoms with Crippen molar-refractivity contribution in [2.75, 3.05) is 5.32 Å². The van der Waals surface area contributed by atoms with E-state index >= 15 is 0 Å². The molecule has 0 bridgehead atoms. The number of aromatic nitrogens is 1. The van der Waals surface area contributed by atoms with Gasteiger partial charge in [-0.05, 0) is 43.7 Å². The zero-order chi connectivity index (χ0) is 13.1. The first-order chi connectivity index (χ1) is 8.54. The van der Waals surface area contributed by atoms with E-state index < -0.39 is 5.97 Å². The lowest BCUT2D eigenvalue weighted by molar-refractivity contribution is 0.0696. The molecule has 2 rings (SSSR count). The summed E-state index contributed by atoms with van der Waals surface area (Å²) in [6.45, 7) is 3.77. The molecule has 0 aliphatic carbocycles. The molecule has 0 amide bonds. The number of hydrogen-bond acceptors (Lipinski definition) is 3. The Morgan fingerprint density at radius 2 is 2.00 bits per heavy atom. The average Bonchev–Trinajstić information content (AvgIpc) is 2.28. The number of hydrogen-bond donors (Lipinski definition) is 2. The van der Waals surface area contributed by atoms with E-state index in [0.717, 1.165) is 11.3 Å². The smallest absolute Gasteiger partial charge is 0.335 e. The number of carboxylic acids is 1. The predicted molar refractivity (Wildman–Crippen MR) is 70.4 cm³/mol. The molecule has 2 aromatic rings. The largest absolute Gasteiger partial charge is 0.478 e. The number of anilines is 2. The minimum atomic E-state index is -0.951. The molecule has 92 valence electrons. The Morgan fingerprint density at radius 1 is 1.22 bits per heavy atom. The summed E-state index contributed by atoms with van der Waals surface area (Å²) in [6, 6.07) is 10.9. The number of aryl methyl sites for hydroxylation is 2. The molecule has 0 atom stereocenters. The van der Waals surface area contributed by atoms with Crippen LogP contribution in [-0.2, 0) is 0 Å². The summed E-state index contributed by atoms with van der Waals surface area (Å²) in [6.07, 6.45) is 0. The standard InChI is InChI=1S/C14H14N2O2/c1-9-4-3-5-12(6-9)16-13-8-11(14(17)18)7-10(2)15-13/h3-8H,1-2H3,(H,15,16)(H,17,18). The van der Waals surface area contributed by atoms with E-state index in [2.05, 4.69) is 10.3 Å². The van der Waals surface area contributed by atoms with Gasteiger partial charge in [0.2, 0.25) is 0 Å². The summed E-state index contributed by atoms with van der Waals surface area (Å²) in [7, 11) is 0. The van der Waals surface area contributed by atoms with E-state index in [9.17, 15) is 4.79 Å². The van der Waals surface area contributed by atoms with Gasteiger partial charge >= 0.3 is 5.97 Å². The van der Waals surface area contributed by atoms with Crippen molar-refractivity contribution in [1.29, 1.82) is 0 Å². The number of nitrogens with one attached hydrogen (secondary N) is 1. The lowest BCUT2D eigenvalue weighted by atomic mass is 10.2. The fourth-order valence-corrected chi connectivity index (χ4v) is 1.73. The second-order valence-corrected chi connectivity index (χ2v) is 4.18. The Balaban J connectivity index is 2.31. The number of aromatic carboxylic acids is 1. The molecule has 0 radical (unpaired) electrons. The van der Waals surface area contributed by atoms with Crippen LogP contribution in [0.4, 0.5) is 11.5 Å². The van der Waals surface area contributed by atoms with Crippen LogP contribution in [0.1, 0.15) is 21.6 Å². The average molecular weight is 242 g/mol. The van der Waals surface area contributed by atoms with Gasteiger partial charge in [-0.15, -0.1) is 0 Å². The van der Waals surface area contributed by atoms with Crippen LogP contribution in [-0.4, -0.2) is 16.1 Å². The van der Waals surface area contributed by atoms with Gasteiger partial charge in [-0.25, -0.2) is 9.78 Å². The lowest BCUT2D eigenvalue weighted by Crippen LogP contribution is -2.02. The molecule has 0 saturated carbocycles. The third-order valence-electron chi connectivity index (χ3n) is 2.49. The van der Waals surface area contributed by atoms with E-state index in [0.29, 0.717) is 11.5 Å². The van der Waals surface area contributed by atoms with Gasteiger partial charge in [-0.1, -0.05) is 12.1 Å². The van der Waals surface area contributed by atoms with Gasteiger partial charge in [0.05, 0.1) is 5.56 Å². The van der Waals surface area contributed by atoms with Crippen LogP contribution in [0.3, 0.4) is 0 Å². The number of benzene rings is 1. The van der Waals surface area contributed by atoms with Crippen molar-refractivity contribution in [2.45, 2.75) is 13.8 Å². The quantitative estimate of drug-likeness (QED) is 0.868. The van der Waals surface area contributed by atoms with Crippen molar-refractivity contribution < 1.29 is 9.90 Å². The van der Waals surface area contributed by atoms with E-state index in [1.54, 1.807) is 13.0 Å². The Labute approximate surface area is 105 Å². The summed E-state index contributed by atoms with van der Waals surface area (Å²) in [5.41, 5.74) is 2.93. The number of carboxylic acid groups (broad SMARTS) is 1. The van der Waals surface area contributed by atoms with Crippen LogP contribution in [0, 0.1) is 13.8 Å². The van der Waals surface area contributed by atoms with E-state index in [1.165, 1.54) is 6.07 Å². The highest BCUT2D eigenvalue weighted by Crippen LogP contribution is 2.17. The molecule has 0 fully saturated rings. The molecule has 1 aromatic heterocycles. The van der Waals surface area contributed by atoms with Gasteiger partial charge in [0, 0.05) is 11.4 Å². The zero-order valence-electron chi connectivity index (χ0n) is 10.3. The van der Waals surface area contributed by atoms with Crippen LogP contribution in [0.2, 0.25) is 0 Å². The fraction of sp³-hybridized carbons (Fsp3) is 0.143. The summed E-state index contributed by atoms with van der Waals surface area (Å²) in [5.74, 6) is -0.411. The first-order valence-corrected chi connectivity index (χ1v) is 5.60. The molecule has 18 heavy (non-hydrogen) atoms. The summed E-state index contributed by atoms with van der Waals surface area (Å²) >= 11 is 0. The molecule has 1 heterocycles. The maximum Gasteiger partial charge on any atom is 0.335 e. The van der Waals surface area contributed by atoms with Crippen molar-refractivity contribution in [3.8, 4) is 0 Å². The molecule has 0 aliphatic heterocycles. The van der Waals surface area contributed by atoms with Crippen LogP contribution < -0.4 is 5.32 Å². The lowest BCUT2D eigenvalue weighted by Gasteiger charge is -2.08. The molecule has 0 spiro atoms. The Bertz CT molecular complexity index is 594. The maximum atomic E-state index is 11.0. The molecule has 4 nitrogen and oxygen atoms in total. The van der Waals surface area contributed by atoms with Crippen molar-refractivity contribution >= 4 is 17.5 Å². The van der Waals surface area contributed by atoms with Crippen molar-refractivity contribution in [3.05, 3.63) is 53.2 Å². The molecular formula is C14H14N2O2. The number of rotatable bonds is 3. The van der Waals surface area contributed by atoms with Gasteiger partial charge in [-0.2, -0.15) is 0 Å². The number of pyridine rings is 1. The van der Waals surface area contributed by atoms with Crippen molar-refractivity contribution in [1.82, 2.24) is 4.98 Å². The number of carbonyl (C=O) groups is 1. The SMILES string of the molecule is Cc1cccc(Nc2cc(C(=O)O)cc(C)n2)c1. The molecule has 0 unspecified atom stereocenters. The van der Waals surface area contributed by atoms with Crippen LogP contribution in [0.25, 0.3) is 0 Å². The molecular weight excluding hydrogens is 228 g/mol. The van der Waals surface area contributed by atoms with Gasteiger partial charge in [0.15, 0.2) is 0 Å². The van der Waals surface area contributed by atoms with E-state index in [1.807, 2.05) is 31.2 Å². The Hall–Kier alpha value is -2.36. The van der Waals surface area contributed by atoms with Crippen LogP contribution in [0.15, 0.2) is 36.4 Å². The van der Waals surface area contributed by atoms with Crippen LogP contribution >= 0.6 is 0 Å².